The minimum atomic E-state index is -3.79. The van der Waals surface area contributed by atoms with Crippen LogP contribution in [0.3, 0.4) is 0 Å². The Morgan fingerprint density at radius 1 is 1.03 bits per heavy atom. The first-order valence-electron chi connectivity index (χ1n) is 12.2. The normalized spacial score (nSPS) is 28.1. The Kier molecular flexibility index (Phi) is 6.19. The molecule has 3 aromatic rings. The highest BCUT2D eigenvalue weighted by Gasteiger charge is 2.50. The summed E-state index contributed by atoms with van der Waals surface area (Å²) >= 11 is 0. The molecule has 1 aromatic heterocycles. The van der Waals surface area contributed by atoms with Crippen LogP contribution >= 0.6 is 0 Å². The third-order valence-electron chi connectivity index (χ3n) is 7.84. The molecule has 1 aliphatic heterocycles. The molecule has 2 fully saturated rings. The van der Waals surface area contributed by atoms with Crippen LogP contribution < -0.4 is 5.56 Å². The van der Waals surface area contributed by atoms with Crippen LogP contribution in [0.2, 0.25) is 0 Å². The van der Waals surface area contributed by atoms with Crippen molar-refractivity contribution in [3.63, 3.8) is 0 Å². The number of rotatable bonds is 5. The molecule has 5 rings (SSSR count). The van der Waals surface area contributed by atoms with Gasteiger partial charge in [0.25, 0.3) is 5.56 Å². The van der Waals surface area contributed by atoms with E-state index in [9.17, 15) is 13.2 Å². The number of benzene rings is 2. The van der Waals surface area contributed by atoms with Gasteiger partial charge in [0.1, 0.15) is 22.6 Å². The van der Waals surface area contributed by atoms with Gasteiger partial charge in [-0.3, -0.25) is 4.79 Å². The summed E-state index contributed by atoms with van der Waals surface area (Å²) in [7, 11) is -2.31. The van der Waals surface area contributed by atoms with Gasteiger partial charge in [-0.05, 0) is 56.2 Å². The molecule has 36 heavy (non-hydrogen) atoms. The molecular weight excluding hydrogens is 486 g/mol. The van der Waals surface area contributed by atoms with Gasteiger partial charge in [0.15, 0.2) is 0 Å². The topological polar surface area (TPSA) is 72.5 Å². The van der Waals surface area contributed by atoms with Crippen molar-refractivity contribution in [2.45, 2.75) is 62.8 Å². The molecule has 2 heterocycles. The van der Waals surface area contributed by atoms with Gasteiger partial charge >= 0.3 is 0 Å². The first kappa shape index (κ1) is 24.9. The third kappa shape index (κ3) is 4.02. The van der Waals surface area contributed by atoms with E-state index in [2.05, 4.69) is 0 Å². The predicted octanol–water partition coefficient (Wildman–Crippen LogP) is 5.03. The summed E-state index contributed by atoms with van der Waals surface area (Å²) in [6.45, 7) is 3.55. The van der Waals surface area contributed by atoms with Crippen LogP contribution in [-0.2, 0) is 29.0 Å². The second kappa shape index (κ2) is 8.95. The molecule has 192 valence electrons. The van der Waals surface area contributed by atoms with Gasteiger partial charge in [-0.1, -0.05) is 37.3 Å². The first-order valence-corrected chi connectivity index (χ1v) is 13.7. The van der Waals surface area contributed by atoms with Crippen molar-refractivity contribution >= 4 is 10.0 Å². The summed E-state index contributed by atoms with van der Waals surface area (Å²) < 4.78 is 66.1. The number of nitrogens with zero attached hydrogens (tertiary/aromatic N) is 2. The molecular formula is C27H30F2N2O4S. The summed E-state index contributed by atoms with van der Waals surface area (Å²) in [5.74, 6) is -0.733. The Labute approximate surface area is 209 Å². The number of aryl methyl sites for hydroxylation is 1. The number of sulfonamides is 1. The lowest BCUT2D eigenvalue weighted by Gasteiger charge is -2.45. The van der Waals surface area contributed by atoms with Crippen molar-refractivity contribution < 1.29 is 21.7 Å². The molecule has 1 saturated heterocycles. The number of aromatic nitrogens is 1. The maximum atomic E-state index is 15.6. The van der Waals surface area contributed by atoms with Crippen LogP contribution in [0, 0.1) is 17.6 Å². The van der Waals surface area contributed by atoms with E-state index in [1.54, 1.807) is 31.2 Å². The Bertz CT molecular complexity index is 1440. The summed E-state index contributed by atoms with van der Waals surface area (Å²) in [6, 6.07) is 12.2. The molecule has 1 saturated carbocycles. The minimum absolute atomic E-state index is 0.0163. The molecule has 0 unspecified atom stereocenters. The van der Waals surface area contributed by atoms with Crippen molar-refractivity contribution in [1.29, 1.82) is 0 Å². The lowest BCUT2D eigenvalue weighted by molar-refractivity contribution is 0.136. The van der Waals surface area contributed by atoms with E-state index in [1.807, 2.05) is 13.0 Å². The van der Waals surface area contributed by atoms with Crippen molar-refractivity contribution in [2.24, 2.45) is 13.0 Å². The average Bonchev–Trinajstić information content (AvgIpc) is 3.15. The van der Waals surface area contributed by atoms with Crippen LogP contribution in [0.25, 0.3) is 0 Å². The van der Waals surface area contributed by atoms with Crippen molar-refractivity contribution in [1.82, 2.24) is 9.05 Å². The number of hydrogen-bond donors (Lipinski definition) is 0. The van der Waals surface area contributed by atoms with Gasteiger partial charge in [0.2, 0.25) is 10.0 Å². The SMILES string of the molecule is CC1CC(c2cc(=O)n(C)o2)(c2cc(F)c(CN3[C@@H](C)CC[C@H](c4ccccc4)S3(=O)=O)cc2F)C1. The lowest BCUT2D eigenvalue weighted by Crippen LogP contribution is -2.45. The van der Waals surface area contributed by atoms with Crippen molar-refractivity contribution in [3.8, 4) is 0 Å². The maximum Gasteiger partial charge on any atom is 0.282 e. The van der Waals surface area contributed by atoms with Crippen molar-refractivity contribution in [2.75, 3.05) is 0 Å². The van der Waals surface area contributed by atoms with Crippen LogP contribution in [0.5, 0.6) is 0 Å². The van der Waals surface area contributed by atoms with Crippen LogP contribution in [0.1, 0.15) is 67.2 Å². The Balaban J connectivity index is 1.49. The second-order valence-corrected chi connectivity index (χ2v) is 12.4. The largest absolute Gasteiger partial charge is 0.380 e. The molecule has 9 heteroatoms. The Morgan fingerprint density at radius 3 is 2.33 bits per heavy atom. The molecule has 0 radical (unpaired) electrons. The highest BCUT2D eigenvalue weighted by molar-refractivity contribution is 7.89. The minimum Gasteiger partial charge on any atom is -0.380 e. The third-order valence-corrected chi connectivity index (χ3v) is 10.2. The molecule has 6 nitrogen and oxygen atoms in total. The smallest absolute Gasteiger partial charge is 0.282 e. The van der Waals surface area contributed by atoms with E-state index in [4.69, 9.17) is 4.52 Å². The Morgan fingerprint density at radius 2 is 1.72 bits per heavy atom. The quantitative estimate of drug-likeness (QED) is 0.477. The van der Waals surface area contributed by atoms with E-state index in [0.29, 0.717) is 37.0 Å². The maximum absolute atomic E-state index is 15.6. The summed E-state index contributed by atoms with van der Waals surface area (Å²) in [5.41, 5.74) is -0.461. The second-order valence-electron chi connectivity index (χ2n) is 10.4. The summed E-state index contributed by atoms with van der Waals surface area (Å²) in [5, 5.41) is -0.720. The monoisotopic (exact) mass is 516 g/mol. The molecule has 0 bridgehead atoms. The molecule has 1 aliphatic carbocycles. The summed E-state index contributed by atoms with van der Waals surface area (Å²) in [4.78, 5) is 12.0. The van der Waals surface area contributed by atoms with Gasteiger partial charge in [0.05, 0.1) is 5.41 Å². The fourth-order valence-corrected chi connectivity index (χ4v) is 8.11. The van der Waals surface area contributed by atoms with Crippen LogP contribution in [-0.4, -0.2) is 23.5 Å². The first-order chi connectivity index (χ1) is 17.0. The summed E-state index contributed by atoms with van der Waals surface area (Å²) in [6.07, 6.45) is 2.13. The van der Waals surface area contributed by atoms with Gasteiger partial charge in [-0.25, -0.2) is 17.2 Å². The standard InChI is InChI=1S/C27H30F2N2O4S/c1-17-14-27(15-17,25-13-26(32)30(3)35-25)21-12-22(28)20(11-23(21)29)16-31-18(2)9-10-24(36(31,33)34)19-7-5-4-6-8-19/h4-8,11-13,17-18,24H,9-10,14-16H2,1-3H3/t17?,18-,24+,27?/m0/s1. The molecule has 2 aromatic carbocycles. The molecule has 0 N–H and O–H groups in total. The highest BCUT2D eigenvalue weighted by Crippen LogP contribution is 2.53. The van der Waals surface area contributed by atoms with Crippen LogP contribution in [0.4, 0.5) is 8.78 Å². The van der Waals surface area contributed by atoms with Gasteiger partial charge in [0, 0.05) is 36.8 Å². The predicted molar refractivity (Wildman–Crippen MR) is 132 cm³/mol. The molecule has 2 aliphatic rings. The zero-order chi connectivity index (χ0) is 25.8. The molecule has 2 atom stereocenters. The lowest BCUT2D eigenvalue weighted by atomic mass is 9.57. The Hall–Kier alpha value is -2.78. The van der Waals surface area contributed by atoms with E-state index in [-0.39, 0.29) is 35.2 Å². The molecule has 0 amide bonds. The van der Waals surface area contributed by atoms with Gasteiger partial charge in [-0.2, -0.15) is 9.05 Å². The van der Waals surface area contributed by atoms with E-state index in [1.165, 1.54) is 17.4 Å². The number of halogens is 2. The number of hydrogen-bond acceptors (Lipinski definition) is 4. The van der Waals surface area contributed by atoms with E-state index >= 15 is 8.78 Å². The van der Waals surface area contributed by atoms with Crippen LogP contribution in [0.15, 0.2) is 57.8 Å². The van der Waals surface area contributed by atoms with E-state index in [0.717, 1.165) is 16.9 Å². The van der Waals surface area contributed by atoms with Gasteiger partial charge in [-0.15, -0.1) is 0 Å². The average molecular weight is 517 g/mol. The zero-order valence-corrected chi connectivity index (χ0v) is 21.4. The van der Waals surface area contributed by atoms with Crippen molar-refractivity contribution in [3.05, 3.63) is 93.0 Å². The zero-order valence-electron chi connectivity index (χ0n) is 20.6. The fourth-order valence-electron chi connectivity index (χ4n) is 5.93. The van der Waals surface area contributed by atoms with E-state index < -0.39 is 32.3 Å². The fraction of sp³-hybridized carbons (Fsp3) is 0.444. The van der Waals surface area contributed by atoms with Gasteiger partial charge < -0.3 is 4.52 Å². The molecule has 0 spiro atoms. The highest BCUT2D eigenvalue weighted by atomic mass is 32.2.